The number of nitro benzene ring substituents is 1. The molecule has 0 aliphatic carbocycles. The maximum Gasteiger partial charge on any atom is 0.269 e. The summed E-state index contributed by atoms with van der Waals surface area (Å²) in [5, 5.41) is 10.7. The molecule has 0 aliphatic rings. The number of hydrogen-bond donors (Lipinski definition) is 0. The van der Waals surface area contributed by atoms with Crippen molar-refractivity contribution in [3.8, 4) is 11.4 Å². The van der Waals surface area contributed by atoms with Gasteiger partial charge in [0.1, 0.15) is 5.82 Å². The lowest BCUT2D eigenvalue weighted by molar-refractivity contribution is -0.384. The number of benzene rings is 1. The summed E-state index contributed by atoms with van der Waals surface area (Å²) in [5.41, 5.74) is 1.96. The Labute approximate surface area is 134 Å². The highest BCUT2D eigenvalue weighted by Gasteiger charge is 2.09. The summed E-state index contributed by atoms with van der Waals surface area (Å²) in [5.74, 6) is 0.798. The van der Waals surface area contributed by atoms with Crippen LogP contribution in [0.15, 0.2) is 59.6 Å². The zero-order valence-corrected chi connectivity index (χ0v) is 13.0. The van der Waals surface area contributed by atoms with Gasteiger partial charge in [0, 0.05) is 53.5 Å². The Morgan fingerprint density at radius 2 is 2.00 bits per heavy atom. The molecule has 0 saturated heterocycles. The third kappa shape index (κ3) is 3.04. The van der Waals surface area contributed by atoms with E-state index in [1.165, 1.54) is 12.1 Å². The maximum atomic E-state index is 10.7. The van der Waals surface area contributed by atoms with E-state index in [1.807, 2.05) is 16.8 Å². The number of imidazole rings is 1. The molecule has 0 N–H and O–H groups in total. The molecular weight excluding hydrogens is 348 g/mol. The monoisotopic (exact) mass is 358 g/mol. The van der Waals surface area contributed by atoms with Gasteiger partial charge in [-0.15, -0.1) is 0 Å². The van der Waals surface area contributed by atoms with Gasteiger partial charge >= 0.3 is 0 Å². The van der Waals surface area contributed by atoms with Crippen LogP contribution in [0.4, 0.5) is 5.69 Å². The van der Waals surface area contributed by atoms with Gasteiger partial charge in [-0.2, -0.15) is 0 Å². The van der Waals surface area contributed by atoms with Crippen molar-refractivity contribution in [2.75, 3.05) is 0 Å². The minimum Gasteiger partial charge on any atom is -0.327 e. The van der Waals surface area contributed by atoms with Crippen molar-refractivity contribution < 1.29 is 4.92 Å². The van der Waals surface area contributed by atoms with Crippen LogP contribution in [0.3, 0.4) is 0 Å². The van der Waals surface area contributed by atoms with Gasteiger partial charge in [-0.05, 0) is 27.6 Å². The number of non-ortho nitro benzene ring substituents is 1. The average Bonchev–Trinajstić information content (AvgIpc) is 2.96. The molecule has 22 heavy (non-hydrogen) atoms. The molecule has 110 valence electrons. The van der Waals surface area contributed by atoms with E-state index in [0.29, 0.717) is 6.54 Å². The number of aromatic nitrogens is 3. The molecule has 2 heterocycles. The largest absolute Gasteiger partial charge is 0.327 e. The van der Waals surface area contributed by atoms with Crippen molar-refractivity contribution in [1.29, 1.82) is 0 Å². The summed E-state index contributed by atoms with van der Waals surface area (Å²) in [4.78, 5) is 18.8. The van der Waals surface area contributed by atoms with Crippen LogP contribution in [0.2, 0.25) is 0 Å². The first-order chi connectivity index (χ1) is 10.6. The molecule has 0 amide bonds. The van der Waals surface area contributed by atoms with E-state index in [1.54, 1.807) is 30.7 Å². The lowest BCUT2D eigenvalue weighted by Crippen LogP contribution is -2.01. The van der Waals surface area contributed by atoms with Gasteiger partial charge in [-0.3, -0.25) is 15.1 Å². The van der Waals surface area contributed by atoms with Crippen LogP contribution in [-0.2, 0) is 6.54 Å². The second-order valence-electron chi connectivity index (χ2n) is 4.69. The second kappa shape index (κ2) is 6.07. The van der Waals surface area contributed by atoms with E-state index in [0.717, 1.165) is 21.4 Å². The van der Waals surface area contributed by atoms with Gasteiger partial charge in [0.2, 0.25) is 0 Å². The van der Waals surface area contributed by atoms with Gasteiger partial charge in [0.15, 0.2) is 0 Å². The molecule has 3 rings (SSSR count). The zero-order valence-electron chi connectivity index (χ0n) is 11.4. The summed E-state index contributed by atoms with van der Waals surface area (Å²) < 4.78 is 2.86. The molecule has 1 aromatic carbocycles. The summed E-state index contributed by atoms with van der Waals surface area (Å²) >= 11 is 3.40. The average molecular weight is 359 g/mol. The van der Waals surface area contributed by atoms with Crippen LogP contribution in [0, 0.1) is 10.1 Å². The molecule has 2 aromatic heterocycles. The number of nitrogens with zero attached hydrogens (tertiary/aromatic N) is 4. The van der Waals surface area contributed by atoms with E-state index in [4.69, 9.17) is 0 Å². The highest BCUT2D eigenvalue weighted by molar-refractivity contribution is 9.10. The predicted octanol–water partition coefficient (Wildman–Crippen LogP) is 3.66. The van der Waals surface area contributed by atoms with Crippen LogP contribution in [0.5, 0.6) is 0 Å². The maximum absolute atomic E-state index is 10.7. The molecule has 0 saturated carbocycles. The first-order valence-electron chi connectivity index (χ1n) is 6.49. The number of pyridine rings is 1. The van der Waals surface area contributed by atoms with Gasteiger partial charge in [-0.25, -0.2) is 4.98 Å². The fraction of sp³-hybridized carbons (Fsp3) is 0.0667. The number of hydrogen-bond acceptors (Lipinski definition) is 4. The highest BCUT2D eigenvalue weighted by atomic mass is 79.9. The highest BCUT2D eigenvalue weighted by Crippen LogP contribution is 2.21. The van der Waals surface area contributed by atoms with Crippen molar-refractivity contribution in [2.45, 2.75) is 6.54 Å². The quantitative estimate of drug-likeness (QED) is 0.526. The smallest absolute Gasteiger partial charge is 0.269 e. The molecule has 6 nitrogen and oxygen atoms in total. The van der Waals surface area contributed by atoms with Crippen molar-refractivity contribution in [3.63, 3.8) is 0 Å². The molecule has 0 fully saturated rings. The van der Waals surface area contributed by atoms with Crippen molar-refractivity contribution in [3.05, 3.63) is 75.3 Å². The Balaban J connectivity index is 1.88. The van der Waals surface area contributed by atoms with E-state index in [-0.39, 0.29) is 5.69 Å². The summed E-state index contributed by atoms with van der Waals surface area (Å²) in [6.07, 6.45) is 7.06. The number of halogens is 1. The Morgan fingerprint density at radius 1 is 1.23 bits per heavy atom. The normalized spacial score (nSPS) is 10.6. The van der Waals surface area contributed by atoms with Gasteiger partial charge in [-0.1, -0.05) is 12.1 Å². The molecule has 0 spiro atoms. The Morgan fingerprint density at radius 3 is 2.68 bits per heavy atom. The lowest BCUT2D eigenvalue weighted by Gasteiger charge is -2.08. The molecule has 0 atom stereocenters. The summed E-state index contributed by atoms with van der Waals surface area (Å²) in [6.45, 7) is 0.583. The van der Waals surface area contributed by atoms with Gasteiger partial charge < -0.3 is 4.57 Å². The predicted molar refractivity (Wildman–Crippen MR) is 85.4 cm³/mol. The minimum atomic E-state index is -0.403. The van der Waals surface area contributed by atoms with Crippen molar-refractivity contribution in [1.82, 2.24) is 14.5 Å². The standard InChI is InChI=1S/C15H11BrN4O2/c16-13-7-12(8-17-9-13)15-18-5-6-19(15)10-11-1-3-14(4-2-11)20(21)22/h1-9H,10H2. The Hall–Kier alpha value is -2.54. The van der Waals surface area contributed by atoms with Crippen LogP contribution >= 0.6 is 15.9 Å². The van der Waals surface area contributed by atoms with Crippen molar-refractivity contribution in [2.24, 2.45) is 0 Å². The summed E-state index contributed by atoms with van der Waals surface area (Å²) in [7, 11) is 0. The molecule has 7 heteroatoms. The topological polar surface area (TPSA) is 73.8 Å². The van der Waals surface area contributed by atoms with E-state index in [2.05, 4.69) is 25.9 Å². The fourth-order valence-electron chi connectivity index (χ4n) is 2.15. The number of rotatable bonds is 4. The van der Waals surface area contributed by atoms with Crippen LogP contribution < -0.4 is 0 Å². The Kier molecular flexibility index (Phi) is 3.97. The van der Waals surface area contributed by atoms with E-state index in [9.17, 15) is 10.1 Å². The SMILES string of the molecule is O=[N+]([O-])c1ccc(Cn2ccnc2-c2cncc(Br)c2)cc1. The third-order valence-corrected chi connectivity index (χ3v) is 3.61. The van der Waals surface area contributed by atoms with E-state index < -0.39 is 4.92 Å². The molecule has 3 aromatic rings. The van der Waals surface area contributed by atoms with Gasteiger partial charge in [0.05, 0.1) is 4.92 Å². The minimum absolute atomic E-state index is 0.0887. The van der Waals surface area contributed by atoms with Gasteiger partial charge in [0.25, 0.3) is 5.69 Å². The molecule has 0 bridgehead atoms. The fourth-order valence-corrected chi connectivity index (χ4v) is 2.52. The molecule has 0 radical (unpaired) electrons. The van der Waals surface area contributed by atoms with Crippen LogP contribution in [0.25, 0.3) is 11.4 Å². The lowest BCUT2D eigenvalue weighted by atomic mass is 10.2. The van der Waals surface area contributed by atoms with Crippen LogP contribution in [0.1, 0.15) is 5.56 Å². The van der Waals surface area contributed by atoms with Crippen molar-refractivity contribution >= 4 is 21.6 Å². The third-order valence-electron chi connectivity index (χ3n) is 3.18. The molecular formula is C15H11BrN4O2. The zero-order chi connectivity index (χ0) is 15.5. The second-order valence-corrected chi connectivity index (χ2v) is 5.61. The first kappa shape index (κ1) is 14.4. The summed E-state index contributed by atoms with van der Waals surface area (Å²) in [6, 6.07) is 8.46. The Bertz CT molecular complexity index is 814. The molecule has 0 unspecified atom stereocenters. The molecule has 0 aliphatic heterocycles. The number of nitro groups is 1. The first-order valence-corrected chi connectivity index (χ1v) is 7.28. The van der Waals surface area contributed by atoms with E-state index >= 15 is 0 Å². The van der Waals surface area contributed by atoms with Crippen LogP contribution in [-0.4, -0.2) is 19.5 Å².